The Morgan fingerprint density at radius 3 is 2.58 bits per heavy atom. The van der Waals surface area contributed by atoms with Crippen molar-refractivity contribution in [3.8, 4) is 5.75 Å². The van der Waals surface area contributed by atoms with E-state index in [9.17, 15) is 26.7 Å². The second kappa shape index (κ2) is 7.65. The molecule has 0 spiro atoms. The molecule has 1 aliphatic rings. The maximum absolute atomic E-state index is 14.5. The van der Waals surface area contributed by atoms with Crippen molar-refractivity contribution < 1.29 is 36.2 Å². The lowest BCUT2D eigenvalue weighted by Crippen LogP contribution is -2.46. The van der Waals surface area contributed by atoms with Crippen LogP contribution in [0.25, 0.3) is 11.2 Å². The number of ether oxygens (including phenoxy) is 2. The molecule has 12 heteroatoms. The number of rotatable bonds is 4. The van der Waals surface area contributed by atoms with Crippen molar-refractivity contribution in [2.24, 2.45) is 11.7 Å². The molecule has 0 unspecified atom stereocenters. The smallest absolute Gasteiger partial charge is 0.417 e. The SMILES string of the molecule is COc1c([C@H]2[C@H](c3nc4nccc(C(N)=O)c4[nH]3)O[C@@](C)(C(F)(F)F)[C@H]2C)ccc(F)c1F. The second-order valence-corrected chi connectivity index (χ2v) is 7.98. The molecule has 2 aromatic heterocycles. The summed E-state index contributed by atoms with van der Waals surface area (Å²) in [5.41, 5.74) is 2.87. The first-order valence-corrected chi connectivity index (χ1v) is 9.81. The number of nitrogens with one attached hydrogen (secondary N) is 1. The number of benzene rings is 1. The lowest BCUT2D eigenvalue weighted by molar-refractivity contribution is -0.275. The minimum atomic E-state index is -4.80. The zero-order valence-corrected chi connectivity index (χ0v) is 17.6. The maximum Gasteiger partial charge on any atom is 0.417 e. The fourth-order valence-corrected chi connectivity index (χ4v) is 4.32. The molecule has 4 rings (SSSR count). The Morgan fingerprint density at radius 2 is 1.97 bits per heavy atom. The minimum absolute atomic E-state index is 0.0228. The average Bonchev–Trinajstić information content (AvgIpc) is 3.29. The zero-order chi connectivity index (χ0) is 24.3. The molecule has 1 fully saturated rings. The lowest BCUT2D eigenvalue weighted by Gasteiger charge is -2.32. The lowest BCUT2D eigenvalue weighted by atomic mass is 9.77. The van der Waals surface area contributed by atoms with Gasteiger partial charge in [0.25, 0.3) is 5.91 Å². The highest BCUT2D eigenvalue weighted by molar-refractivity contribution is 6.03. The molecular weight excluding hydrogens is 451 g/mol. The van der Waals surface area contributed by atoms with Gasteiger partial charge >= 0.3 is 6.18 Å². The summed E-state index contributed by atoms with van der Waals surface area (Å²) >= 11 is 0. The average molecular weight is 470 g/mol. The third-order valence-electron chi connectivity index (χ3n) is 6.26. The normalized spacial score (nSPS) is 25.5. The minimum Gasteiger partial charge on any atom is -0.493 e. The van der Waals surface area contributed by atoms with Gasteiger partial charge in [0.2, 0.25) is 5.82 Å². The molecule has 0 radical (unpaired) electrons. The summed E-state index contributed by atoms with van der Waals surface area (Å²) in [6, 6.07) is 3.30. The molecule has 1 aliphatic heterocycles. The fraction of sp³-hybridized carbons (Fsp3) is 0.381. The molecule has 0 aliphatic carbocycles. The van der Waals surface area contributed by atoms with E-state index in [1.165, 1.54) is 19.2 Å². The van der Waals surface area contributed by atoms with Gasteiger partial charge in [-0.3, -0.25) is 4.79 Å². The second-order valence-electron chi connectivity index (χ2n) is 7.98. The van der Waals surface area contributed by atoms with Crippen LogP contribution in [0.3, 0.4) is 0 Å². The summed E-state index contributed by atoms with van der Waals surface area (Å²) in [5.74, 6) is -6.36. The van der Waals surface area contributed by atoms with Crippen LogP contribution in [-0.4, -0.2) is 39.7 Å². The summed E-state index contributed by atoms with van der Waals surface area (Å²) in [4.78, 5) is 22.8. The number of hydrogen-bond donors (Lipinski definition) is 2. The number of fused-ring (bicyclic) bond motifs is 1. The number of imidazole rings is 1. The fourth-order valence-electron chi connectivity index (χ4n) is 4.32. The number of halogens is 5. The number of methoxy groups -OCH3 is 1. The van der Waals surface area contributed by atoms with Crippen molar-refractivity contribution in [1.82, 2.24) is 15.0 Å². The van der Waals surface area contributed by atoms with E-state index in [0.29, 0.717) is 0 Å². The third-order valence-corrected chi connectivity index (χ3v) is 6.26. The number of nitrogens with two attached hydrogens (primary N) is 1. The molecule has 176 valence electrons. The van der Waals surface area contributed by atoms with E-state index in [2.05, 4.69) is 15.0 Å². The van der Waals surface area contributed by atoms with Crippen molar-refractivity contribution in [2.75, 3.05) is 7.11 Å². The van der Waals surface area contributed by atoms with Gasteiger partial charge in [-0.25, -0.2) is 14.4 Å². The standard InChI is InChI=1S/C21H19F5N4O3/c1-8-12(9-4-5-11(22)13(23)15(9)32-3)16(33-20(8,2)21(24,25)26)19-29-14-10(17(27)31)6-7-28-18(14)30-19/h4-8,12,16H,1-3H3,(H2,27,31)(H,28,29,30)/t8-,12-,16+,20+/m0/s1. The quantitative estimate of drug-likeness (QED) is 0.558. The Kier molecular flexibility index (Phi) is 5.31. The highest BCUT2D eigenvalue weighted by atomic mass is 19.4. The highest BCUT2D eigenvalue weighted by Crippen LogP contribution is 2.59. The molecule has 4 atom stereocenters. The van der Waals surface area contributed by atoms with E-state index in [-0.39, 0.29) is 28.1 Å². The molecule has 1 amide bonds. The highest BCUT2D eigenvalue weighted by Gasteiger charge is 2.65. The van der Waals surface area contributed by atoms with Crippen molar-refractivity contribution in [3.05, 3.63) is 53.0 Å². The van der Waals surface area contributed by atoms with E-state index < -0.39 is 53.0 Å². The van der Waals surface area contributed by atoms with Crippen molar-refractivity contribution in [2.45, 2.75) is 37.6 Å². The van der Waals surface area contributed by atoms with Crippen LogP contribution in [0.4, 0.5) is 22.0 Å². The Balaban J connectivity index is 1.94. The number of aromatic nitrogens is 3. The number of aromatic amines is 1. The van der Waals surface area contributed by atoms with Crippen molar-refractivity contribution in [3.63, 3.8) is 0 Å². The molecule has 1 aromatic carbocycles. The maximum atomic E-state index is 14.5. The van der Waals surface area contributed by atoms with Gasteiger partial charge in [-0.2, -0.15) is 17.6 Å². The number of H-pyrrole nitrogens is 1. The van der Waals surface area contributed by atoms with Gasteiger partial charge in [0, 0.05) is 23.6 Å². The van der Waals surface area contributed by atoms with Crippen molar-refractivity contribution in [1.29, 1.82) is 0 Å². The number of primary amides is 1. The van der Waals surface area contributed by atoms with Gasteiger partial charge in [-0.15, -0.1) is 0 Å². The number of nitrogens with zero attached hydrogens (tertiary/aromatic N) is 2. The van der Waals surface area contributed by atoms with Crippen LogP contribution in [0.2, 0.25) is 0 Å². The molecule has 33 heavy (non-hydrogen) atoms. The van der Waals surface area contributed by atoms with E-state index in [1.54, 1.807) is 0 Å². The molecule has 3 heterocycles. The van der Waals surface area contributed by atoms with Crippen molar-refractivity contribution >= 4 is 17.1 Å². The molecule has 3 aromatic rings. The van der Waals surface area contributed by atoms with Crippen LogP contribution in [-0.2, 0) is 4.74 Å². The van der Waals surface area contributed by atoms with Crippen LogP contribution in [0.15, 0.2) is 24.4 Å². The van der Waals surface area contributed by atoms with Gasteiger partial charge in [-0.05, 0) is 19.1 Å². The summed E-state index contributed by atoms with van der Waals surface area (Å²) in [7, 11) is 1.09. The monoisotopic (exact) mass is 470 g/mol. The molecule has 3 N–H and O–H groups in total. The Hall–Kier alpha value is -3.28. The number of carbonyl (C=O) groups is 1. The van der Waals surface area contributed by atoms with Crippen LogP contribution < -0.4 is 10.5 Å². The zero-order valence-electron chi connectivity index (χ0n) is 17.6. The van der Waals surface area contributed by atoms with E-state index in [0.717, 1.165) is 26.2 Å². The predicted octanol–water partition coefficient (Wildman–Crippen LogP) is 4.16. The van der Waals surface area contributed by atoms with Gasteiger partial charge in [-0.1, -0.05) is 13.0 Å². The van der Waals surface area contributed by atoms with E-state index >= 15 is 0 Å². The largest absolute Gasteiger partial charge is 0.493 e. The summed E-state index contributed by atoms with van der Waals surface area (Å²) in [6.07, 6.45) is -4.91. The molecular formula is C21H19F5N4O3. The Morgan fingerprint density at radius 1 is 1.27 bits per heavy atom. The number of amides is 1. The van der Waals surface area contributed by atoms with Crippen LogP contribution >= 0.6 is 0 Å². The Bertz CT molecular complexity index is 1240. The molecule has 1 saturated heterocycles. The predicted molar refractivity (Wildman–Crippen MR) is 106 cm³/mol. The van der Waals surface area contributed by atoms with Gasteiger partial charge in [0.05, 0.1) is 18.2 Å². The van der Waals surface area contributed by atoms with Crippen LogP contribution in [0.5, 0.6) is 5.75 Å². The first-order chi connectivity index (χ1) is 15.4. The summed E-state index contributed by atoms with van der Waals surface area (Å²) in [6.45, 7) is 2.18. The first kappa shape index (κ1) is 22.9. The van der Waals surface area contributed by atoms with Gasteiger partial charge in [0.15, 0.2) is 22.8 Å². The van der Waals surface area contributed by atoms with Gasteiger partial charge < -0.3 is 20.2 Å². The number of carbonyl (C=O) groups excluding carboxylic acids is 1. The summed E-state index contributed by atoms with van der Waals surface area (Å²) < 4.78 is 81.1. The number of hydrogen-bond acceptors (Lipinski definition) is 5. The number of pyridine rings is 1. The molecule has 7 nitrogen and oxygen atoms in total. The molecule has 0 saturated carbocycles. The summed E-state index contributed by atoms with van der Waals surface area (Å²) in [5, 5.41) is 0. The van der Waals surface area contributed by atoms with Crippen LogP contribution in [0, 0.1) is 17.6 Å². The van der Waals surface area contributed by atoms with Gasteiger partial charge in [0.1, 0.15) is 11.9 Å². The third kappa shape index (κ3) is 3.39. The van der Waals surface area contributed by atoms with E-state index in [1.807, 2.05) is 0 Å². The molecule has 0 bridgehead atoms. The Labute approximate surface area is 184 Å². The van der Waals surface area contributed by atoms with E-state index in [4.69, 9.17) is 15.2 Å². The first-order valence-electron chi connectivity index (χ1n) is 9.81. The number of alkyl halides is 3. The van der Waals surface area contributed by atoms with Crippen LogP contribution in [0.1, 0.15) is 47.6 Å². The topological polar surface area (TPSA) is 103 Å².